The Morgan fingerprint density at radius 3 is 2.12 bits per heavy atom. The van der Waals surface area contributed by atoms with Crippen molar-refractivity contribution < 1.29 is 18.0 Å². The van der Waals surface area contributed by atoms with Gasteiger partial charge < -0.3 is 10.2 Å². The number of hydrogen-bond acceptors (Lipinski definition) is 5. The number of nitrogens with zero attached hydrogens (tertiary/aromatic N) is 2. The predicted octanol–water partition coefficient (Wildman–Crippen LogP) is 3.48. The number of hydrogen-bond donors (Lipinski definition) is 1. The molecule has 1 aliphatic carbocycles. The first-order valence-electron chi connectivity index (χ1n) is 10.9. The van der Waals surface area contributed by atoms with E-state index in [1.54, 1.807) is 17.0 Å². The van der Waals surface area contributed by atoms with Crippen LogP contribution in [-0.4, -0.2) is 55.6 Å². The van der Waals surface area contributed by atoms with Gasteiger partial charge in [-0.25, -0.2) is 8.42 Å². The second kappa shape index (κ2) is 8.61. The van der Waals surface area contributed by atoms with Crippen molar-refractivity contribution in [1.82, 2.24) is 9.21 Å². The molecule has 0 unspecified atom stereocenters. The van der Waals surface area contributed by atoms with E-state index in [-0.39, 0.29) is 30.8 Å². The fourth-order valence-corrected chi connectivity index (χ4v) is 6.95. The van der Waals surface area contributed by atoms with E-state index in [2.05, 4.69) is 5.32 Å². The average molecular weight is 476 g/mol. The fourth-order valence-electron chi connectivity index (χ4n) is 4.07. The lowest BCUT2D eigenvalue weighted by Crippen LogP contribution is -2.50. The van der Waals surface area contributed by atoms with Gasteiger partial charge >= 0.3 is 0 Å². The van der Waals surface area contributed by atoms with Gasteiger partial charge in [-0.1, -0.05) is 6.07 Å². The number of benzene rings is 1. The molecule has 2 aromatic rings. The Kier molecular flexibility index (Phi) is 6.17. The summed E-state index contributed by atoms with van der Waals surface area (Å²) in [4.78, 5) is 27.5. The molecule has 0 spiro atoms. The summed E-state index contributed by atoms with van der Waals surface area (Å²) in [6.45, 7) is 8.76. The zero-order valence-corrected chi connectivity index (χ0v) is 20.5. The van der Waals surface area contributed by atoms with E-state index >= 15 is 0 Å². The van der Waals surface area contributed by atoms with Gasteiger partial charge in [0.1, 0.15) is 0 Å². The van der Waals surface area contributed by atoms with Crippen molar-refractivity contribution in [2.45, 2.75) is 45.4 Å². The molecule has 2 heterocycles. The van der Waals surface area contributed by atoms with E-state index in [9.17, 15) is 18.0 Å². The highest BCUT2D eigenvalue weighted by Crippen LogP contribution is 2.32. The first-order valence-corrected chi connectivity index (χ1v) is 13.1. The van der Waals surface area contributed by atoms with Gasteiger partial charge in [0, 0.05) is 32.1 Å². The predicted molar refractivity (Wildman–Crippen MR) is 126 cm³/mol. The van der Waals surface area contributed by atoms with Crippen molar-refractivity contribution in [3.63, 3.8) is 0 Å². The molecule has 4 rings (SSSR count). The van der Waals surface area contributed by atoms with Crippen LogP contribution in [0.2, 0.25) is 0 Å². The number of nitrogens with one attached hydrogen (secondary N) is 1. The SMILES string of the molecule is Cc1cc(C)c(C)c(S(=O)(=O)N2CCN(C(=O)c3ccc(NC(=O)C4CC4)s3)CC2)c1C. The Hall–Kier alpha value is -2.23. The summed E-state index contributed by atoms with van der Waals surface area (Å²) < 4.78 is 28.3. The van der Waals surface area contributed by atoms with Crippen molar-refractivity contribution in [2.75, 3.05) is 31.5 Å². The molecule has 2 aliphatic rings. The summed E-state index contributed by atoms with van der Waals surface area (Å²) in [5, 5.41) is 3.54. The molecule has 1 aliphatic heterocycles. The van der Waals surface area contributed by atoms with Gasteiger partial charge in [-0.05, 0) is 74.9 Å². The number of rotatable bonds is 5. The third kappa shape index (κ3) is 4.33. The highest BCUT2D eigenvalue weighted by Gasteiger charge is 2.34. The number of anilines is 1. The Bertz CT molecular complexity index is 1150. The van der Waals surface area contributed by atoms with Crippen LogP contribution in [0.3, 0.4) is 0 Å². The fraction of sp³-hybridized carbons (Fsp3) is 0.478. The van der Waals surface area contributed by atoms with Crippen LogP contribution in [0.1, 0.15) is 44.8 Å². The lowest BCUT2D eigenvalue weighted by atomic mass is 10.0. The molecule has 0 atom stereocenters. The van der Waals surface area contributed by atoms with Crippen LogP contribution in [0.5, 0.6) is 0 Å². The van der Waals surface area contributed by atoms with Crippen molar-refractivity contribution in [2.24, 2.45) is 5.92 Å². The molecule has 32 heavy (non-hydrogen) atoms. The lowest BCUT2D eigenvalue weighted by molar-refractivity contribution is -0.117. The second-order valence-corrected chi connectivity index (χ2v) is 11.7. The third-order valence-corrected chi connectivity index (χ3v) is 9.59. The number of sulfonamides is 1. The van der Waals surface area contributed by atoms with E-state index in [4.69, 9.17) is 0 Å². The third-order valence-electron chi connectivity index (χ3n) is 6.43. The van der Waals surface area contributed by atoms with Crippen LogP contribution in [0, 0.1) is 33.6 Å². The quantitative estimate of drug-likeness (QED) is 0.717. The summed E-state index contributed by atoms with van der Waals surface area (Å²) in [6, 6.07) is 5.49. The monoisotopic (exact) mass is 475 g/mol. The summed E-state index contributed by atoms with van der Waals surface area (Å²) in [7, 11) is -3.64. The Balaban J connectivity index is 1.43. The van der Waals surface area contributed by atoms with Gasteiger partial charge in [0.2, 0.25) is 15.9 Å². The van der Waals surface area contributed by atoms with Crippen molar-refractivity contribution >= 4 is 38.2 Å². The van der Waals surface area contributed by atoms with Crippen LogP contribution in [0.15, 0.2) is 23.1 Å². The van der Waals surface area contributed by atoms with Crippen LogP contribution < -0.4 is 5.32 Å². The number of amides is 2. The Labute approximate surface area is 193 Å². The number of carbonyl (C=O) groups is 2. The highest BCUT2D eigenvalue weighted by atomic mass is 32.2. The van der Waals surface area contributed by atoms with Crippen LogP contribution in [0.4, 0.5) is 5.00 Å². The van der Waals surface area contributed by atoms with Gasteiger partial charge in [0.05, 0.1) is 14.8 Å². The molecule has 2 fully saturated rings. The van der Waals surface area contributed by atoms with Gasteiger partial charge in [0.15, 0.2) is 0 Å². The van der Waals surface area contributed by atoms with Crippen LogP contribution in [-0.2, 0) is 14.8 Å². The van der Waals surface area contributed by atoms with Crippen molar-refractivity contribution in [3.05, 3.63) is 45.3 Å². The summed E-state index contributed by atoms with van der Waals surface area (Å²) >= 11 is 1.26. The standard InChI is InChI=1S/C23H29N3O4S2/c1-14-13-15(2)17(4)21(16(14)3)32(29,30)26-11-9-25(10-12-26)23(28)19-7-8-20(31-19)24-22(27)18-5-6-18/h7-8,13,18H,5-6,9-12H2,1-4H3,(H,24,27). The Morgan fingerprint density at radius 2 is 1.56 bits per heavy atom. The number of piperazine rings is 1. The maximum atomic E-state index is 13.4. The lowest BCUT2D eigenvalue weighted by Gasteiger charge is -2.34. The summed E-state index contributed by atoms with van der Waals surface area (Å²) in [6.07, 6.45) is 1.86. The molecule has 2 amide bonds. The van der Waals surface area contributed by atoms with E-state index < -0.39 is 10.0 Å². The molecule has 172 valence electrons. The van der Waals surface area contributed by atoms with Crippen molar-refractivity contribution in [1.29, 1.82) is 0 Å². The number of aryl methyl sites for hydroxylation is 2. The summed E-state index contributed by atoms with van der Waals surface area (Å²) in [5.41, 5.74) is 3.49. The molecule has 1 saturated carbocycles. The van der Waals surface area contributed by atoms with Crippen LogP contribution >= 0.6 is 11.3 Å². The maximum absolute atomic E-state index is 13.4. The zero-order valence-electron chi connectivity index (χ0n) is 18.9. The molecular formula is C23H29N3O4S2. The first-order chi connectivity index (χ1) is 15.1. The van der Waals surface area contributed by atoms with E-state index in [0.29, 0.717) is 27.9 Å². The minimum atomic E-state index is -3.64. The van der Waals surface area contributed by atoms with E-state index in [1.807, 2.05) is 33.8 Å². The van der Waals surface area contributed by atoms with Crippen LogP contribution in [0.25, 0.3) is 0 Å². The largest absolute Gasteiger partial charge is 0.335 e. The van der Waals surface area contributed by atoms with Gasteiger partial charge in [-0.2, -0.15) is 4.31 Å². The normalized spacial score (nSPS) is 17.4. The molecule has 1 aromatic heterocycles. The second-order valence-electron chi connectivity index (χ2n) is 8.71. The zero-order chi connectivity index (χ0) is 23.2. The average Bonchev–Trinajstić information content (AvgIpc) is 3.51. The van der Waals surface area contributed by atoms with Gasteiger partial charge in [-0.15, -0.1) is 11.3 Å². The highest BCUT2D eigenvalue weighted by molar-refractivity contribution is 7.89. The molecule has 1 aromatic carbocycles. The minimum Gasteiger partial charge on any atom is -0.335 e. The number of carbonyl (C=O) groups excluding carboxylic acids is 2. The Morgan fingerprint density at radius 1 is 0.969 bits per heavy atom. The number of thiophene rings is 1. The van der Waals surface area contributed by atoms with E-state index in [1.165, 1.54) is 15.6 Å². The van der Waals surface area contributed by atoms with E-state index in [0.717, 1.165) is 35.1 Å². The molecule has 9 heteroatoms. The smallest absolute Gasteiger partial charge is 0.264 e. The minimum absolute atomic E-state index is 0.0154. The first kappa shape index (κ1) is 22.9. The molecule has 7 nitrogen and oxygen atoms in total. The summed E-state index contributed by atoms with van der Waals surface area (Å²) in [5.74, 6) is -0.00452. The molecule has 0 radical (unpaired) electrons. The molecule has 1 N–H and O–H groups in total. The van der Waals surface area contributed by atoms with Crippen molar-refractivity contribution in [3.8, 4) is 0 Å². The van der Waals surface area contributed by atoms with Gasteiger partial charge in [0.25, 0.3) is 5.91 Å². The van der Waals surface area contributed by atoms with Gasteiger partial charge in [-0.3, -0.25) is 9.59 Å². The molecule has 1 saturated heterocycles. The molecule has 0 bridgehead atoms. The molecular weight excluding hydrogens is 446 g/mol. The topological polar surface area (TPSA) is 86.8 Å². The maximum Gasteiger partial charge on any atom is 0.264 e.